The van der Waals surface area contributed by atoms with E-state index in [1.54, 1.807) is 50.3 Å². The summed E-state index contributed by atoms with van der Waals surface area (Å²) in [5.41, 5.74) is 7.51. The number of nitrogens with zero attached hydrogens (tertiary/aromatic N) is 4. The summed E-state index contributed by atoms with van der Waals surface area (Å²) in [4.78, 5) is 67.8. The minimum Gasteiger partial charge on any atom is -0.465 e. The normalized spacial score (nSPS) is 10.3. The molecule has 0 fully saturated rings. The van der Waals surface area contributed by atoms with E-state index in [0.717, 1.165) is 22.5 Å². The zero-order valence-electron chi connectivity index (χ0n) is 24.0. The fourth-order valence-corrected chi connectivity index (χ4v) is 4.73. The van der Waals surface area contributed by atoms with E-state index >= 15 is 0 Å². The highest BCUT2D eigenvalue weighted by molar-refractivity contribution is 7.15. The number of hydrogen-bond donors (Lipinski definition) is 5. The maximum absolute atomic E-state index is 13.1. The monoisotopic (exact) mass is 611 g/mol. The molecule has 15 heteroatoms. The first-order chi connectivity index (χ1) is 20.3. The SMILES string of the molecule is CC(=O)Nc1nc(CCc2ccc(NC=NC(=O)O)cc2)c(CN(C)C(=O)c2ccc(C(=O)N(C)C)cc2)s1.NC(=O)O. The van der Waals surface area contributed by atoms with Crippen LogP contribution in [0, 0.1) is 0 Å². The number of primary amides is 1. The van der Waals surface area contributed by atoms with Crippen molar-refractivity contribution in [3.05, 3.63) is 75.8 Å². The van der Waals surface area contributed by atoms with Crippen molar-refractivity contribution in [2.45, 2.75) is 26.3 Å². The molecule has 2 aromatic carbocycles. The molecule has 14 nitrogen and oxygen atoms in total. The standard InChI is InChI=1S/C27H30N6O5S.CH3NO2/c1-17(34)30-26-31-22(14-7-18-5-12-21(13-6-18)28-16-29-27(37)38)23(39-26)15-33(4)25(36)20-10-8-19(9-11-20)24(35)32(2)3;2-1(3)4/h5-6,8-13,16H,7,14-15H2,1-4H3,(H,28,29)(H,37,38)(H,30,31,34);2H2,(H,3,4). The number of hydrogen-bond acceptors (Lipinski definition) is 7. The predicted molar refractivity (Wildman–Crippen MR) is 163 cm³/mol. The zero-order valence-corrected chi connectivity index (χ0v) is 24.8. The number of thiazole rings is 1. The smallest absolute Gasteiger partial charge is 0.432 e. The molecule has 0 aliphatic heterocycles. The van der Waals surface area contributed by atoms with E-state index in [9.17, 15) is 19.2 Å². The fraction of sp³-hybridized carbons (Fsp3) is 0.250. The van der Waals surface area contributed by atoms with Gasteiger partial charge in [0.25, 0.3) is 11.8 Å². The molecule has 228 valence electrons. The first-order valence-electron chi connectivity index (χ1n) is 12.7. The lowest BCUT2D eigenvalue weighted by Crippen LogP contribution is -2.26. The summed E-state index contributed by atoms with van der Waals surface area (Å²) in [7, 11) is 5.04. The molecule has 0 aliphatic rings. The third-order valence-electron chi connectivity index (χ3n) is 5.58. The van der Waals surface area contributed by atoms with Crippen molar-refractivity contribution < 1.29 is 34.2 Å². The van der Waals surface area contributed by atoms with E-state index in [0.29, 0.717) is 41.3 Å². The molecular weight excluding hydrogens is 578 g/mol. The van der Waals surface area contributed by atoms with Crippen molar-refractivity contribution in [1.29, 1.82) is 0 Å². The number of aliphatic imine (C=N–C) groups is 1. The van der Waals surface area contributed by atoms with Crippen molar-refractivity contribution in [2.24, 2.45) is 10.7 Å². The van der Waals surface area contributed by atoms with E-state index in [2.05, 4.69) is 26.3 Å². The zero-order chi connectivity index (χ0) is 32.1. The van der Waals surface area contributed by atoms with E-state index < -0.39 is 12.2 Å². The third kappa shape index (κ3) is 11.6. The van der Waals surface area contributed by atoms with Gasteiger partial charge in [-0.05, 0) is 54.8 Å². The molecule has 0 bridgehead atoms. The molecule has 0 spiro atoms. The van der Waals surface area contributed by atoms with Crippen LogP contribution in [0.1, 0.15) is 43.8 Å². The molecule has 3 rings (SSSR count). The Hall–Kier alpha value is -5.31. The van der Waals surface area contributed by atoms with Crippen molar-refractivity contribution in [1.82, 2.24) is 14.8 Å². The van der Waals surface area contributed by atoms with Gasteiger partial charge in [0.05, 0.1) is 18.6 Å². The number of nitrogens with two attached hydrogens (primary N) is 1. The Kier molecular flexibility index (Phi) is 12.8. The van der Waals surface area contributed by atoms with E-state index in [4.69, 9.17) is 15.0 Å². The maximum Gasteiger partial charge on any atom is 0.432 e. The molecule has 0 saturated carbocycles. The largest absolute Gasteiger partial charge is 0.465 e. The van der Waals surface area contributed by atoms with Crippen LogP contribution >= 0.6 is 11.3 Å². The van der Waals surface area contributed by atoms with Gasteiger partial charge in [-0.1, -0.05) is 23.5 Å². The Morgan fingerprint density at radius 1 is 0.930 bits per heavy atom. The van der Waals surface area contributed by atoms with Gasteiger partial charge < -0.3 is 36.4 Å². The Labute approximate surface area is 251 Å². The van der Waals surface area contributed by atoms with Crippen LogP contribution in [0.4, 0.5) is 20.4 Å². The molecule has 0 aliphatic carbocycles. The predicted octanol–water partition coefficient (Wildman–Crippen LogP) is 3.60. The molecule has 0 saturated heterocycles. The van der Waals surface area contributed by atoms with Crippen LogP contribution in [-0.4, -0.2) is 82.4 Å². The maximum atomic E-state index is 13.1. The summed E-state index contributed by atoms with van der Waals surface area (Å²) in [5, 5.41) is 21.7. The van der Waals surface area contributed by atoms with Crippen LogP contribution in [0.25, 0.3) is 0 Å². The molecule has 1 aromatic heterocycles. The van der Waals surface area contributed by atoms with Crippen molar-refractivity contribution in [2.75, 3.05) is 31.8 Å². The minimum atomic E-state index is -1.33. The van der Waals surface area contributed by atoms with E-state index in [1.807, 2.05) is 24.3 Å². The van der Waals surface area contributed by atoms with E-state index in [1.165, 1.54) is 23.2 Å². The quantitative estimate of drug-likeness (QED) is 0.167. The average Bonchev–Trinajstić information content (AvgIpc) is 3.31. The second-order valence-electron chi connectivity index (χ2n) is 9.23. The molecule has 6 N–H and O–H groups in total. The van der Waals surface area contributed by atoms with Crippen LogP contribution in [-0.2, 0) is 24.2 Å². The van der Waals surface area contributed by atoms with Gasteiger partial charge in [-0.3, -0.25) is 14.4 Å². The lowest BCUT2D eigenvalue weighted by atomic mass is 10.1. The average molecular weight is 612 g/mol. The van der Waals surface area contributed by atoms with Crippen LogP contribution < -0.4 is 16.4 Å². The Balaban J connectivity index is 0.00000151. The van der Waals surface area contributed by atoms with Crippen LogP contribution in [0.5, 0.6) is 0 Å². The summed E-state index contributed by atoms with van der Waals surface area (Å²) >= 11 is 1.33. The summed E-state index contributed by atoms with van der Waals surface area (Å²) in [6.45, 7) is 1.72. The summed E-state index contributed by atoms with van der Waals surface area (Å²) in [5.74, 6) is -0.568. The summed E-state index contributed by atoms with van der Waals surface area (Å²) in [6, 6.07) is 14.0. The number of aromatic nitrogens is 1. The molecule has 0 radical (unpaired) electrons. The number of amides is 5. The van der Waals surface area contributed by atoms with Crippen LogP contribution in [0.3, 0.4) is 0 Å². The van der Waals surface area contributed by atoms with E-state index in [-0.39, 0.29) is 17.7 Å². The van der Waals surface area contributed by atoms with Crippen molar-refractivity contribution in [3.8, 4) is 0 Å². The van der Waals surface area contributed by atoms with Crippen molar-refractivity contribution in [3.63, 3.8) is 0 Å². The number of carbonyl (C=O) groups is 5. The fourth-order valence-electron chi connectivity index (χ4n) is 3.62. The Morgan fingerprint density at radius 2 is 1.49 bits per heavy atom. The number of aryl methyl sites for hydroxylation is 2. The highest BCUT2D eigenvalue weighted by Gasteiger charge is 2.19. The topological polar surface area (TPSA) is 208 Å². The first-order valence-corrected chi connectivity index (χ1v) is 13.5. The van der Waals surface area contributed by atoms with Gasteiger partial charge in [0.15, 0.2) is 5.13 Å². The molecule has 3 aromatic rings. The molecule has 5 amide bonds. The van der Waals surface area contributed by atoms with Gasteiger partial charge in [0.2, 0.25) is 5.91 Å². The van der Waals surface area contributed by atoms with Gasteiger partial charge in [-0.2, -0.15) is 4.99 Å². The molecule has 0 unspecified atom stereocenters. The minimum absolute atomic E-state index is 0.139. The Morgan fingerprint density at radius 3 is 2.00 bits per heavy atom. The van der Waals surface area contributed by atoms with Crippen LogP contribution in [0.2, 0.25) is 0 Å². The lowest BCUT2D eigenvalue weighted by Gasteiger charge is -2.17. The summed E-state index contributed by atoms with van der Waals surface area (Å²) < 4.78 is 0. The number of nitrogens with one attached hydrogen (secondary N) is 2. The van der Waals surface area contributed by atoms with Gasteiger partial charge >= 0.3 is 12.2 Å². The second kappa shape index (κ2) is 16.2. The highest BCUT2D eigenvalue weighted by atomic mass is 32.1. The van der Waals surface area contributed by atoms with Crippen molar-refractivity contribution >= 4 is 58.4 Å². The first kappa shape index (κ1) is 33.9. The van der Waals surface area contributed by atoms with Gasteiger partial charge in [0.1, 0.15) is 0 Å². The van der Waals surface area contributed by atoms with Gasteiger partial charge in [-0.25, -0.2) is 14.6 Å². The molecular formula is C28H33N7O7S. The lowest BCUT2D eigenvalue weighted by molar-refractivity contribution is -0.114. The number of benzene rings is 2. The second-order valence-corrected chi connectivity index (χ2v) is 10.3. The van der Waals surface area contributed by atoms with Gasteiger partial charge in [-0.15, -0.1) is 0 Å². The Bertz CT molecular complexity index is 1470. The molecule has 1 heterocycles. The highest BCUT2D eigenvalue weighted by Crippen LogP contribution is 2.26. The molecule has 0 atom stereocenters. The number of carbonyl (C=O) groups excluding carboxylic acids is 3. The third-order valence-corrected chi connectivity index (χ3v) is 6.58. The molecule has 43 heavy (non-hydrogen) atoms. The number of anilines is 2. The summed E-state index contributed by atoms with van der Waals surface area (Å²) in [6.07, 6.45) is -0.253. The number of carboxylic acid groups (broad SMARTS) is 2. The van der Waals surface area contributed by atoms with Crippen LogP contribution in [0.15, 0.2) is 53.5 Å². The number of rotatable bonds is 10. The van der Waals surface area contributed by atoms with Gasteiger partial charge in [0, 0.05) is 49.8 Å².